The third kappa shape index (κ3) is 8.85. The van der Waals surface area contributed by atoms with Crippen LogP contribution in [0.3, 0.4) is 0 Å². The molecule has 0 aromatic heterocycles. The van der Waals surface area contributed by atoms with Gasteiger partial charge in [-0.2, -0.15) is 0 Å². The zero-order chi connectivity index (χ0) is 2.71. The van der Waals surface area contributed by atoms with Crippen LogP contribution in [0.15, 0.2) is 0 Å². The topological polar surface area (TPSA) is 0 Å². The molecule has 0 aromatic carbocycles. The van der Waals surface area contributed by atoms with E-state index in [4.69, 9.17) is 19.4 Å². The van der Waals surface area contributed by atoms with Crippen molar-refractivity contribution in [2.24, 2.45) is 0 Å². The van der Waals surface area contributed by atoms with Crippen molar-refractivity contribution in [2.45, 2.75) is 0 Å². The van der Waals surface area contributed by atoms with E-state index in [1.165, 1.54) is 0 Å². The Morgan fingerprint density at radius 1 is 1.25 bits per heavy atom. The van der Waals surface area contributed by atoms with Gasteiger partial charge in [-0.1, -0.05) is 0 Å². The molecule has 0 N–H and O–H groups in total. The van der Waals surface area contributed by atoms with E-state index in [9.17, 15) is 0 Å². The molecule has 4 heavy (non-hydrogen) atoms. The maximum absolute atomic E-state index is 4.95. The molecule has 0 fully saturated rings. The van der Waals surface area contributed by atoms with Crippen LogP contribution in [0.2, 0.25) is 0 Å². The van der Waals surface area contributed by atoms with Crippen molar-refractivity contribution in [3.63, 3.8) is 0 Å². The molecule has 4 heteroatoms. The average Bonchev–Trinajstić information content (AvgIpc) is 0.918. The standard InChI is InChI=1S/2ClH.K.Zn.H/h2*1H;;;/q;;;+2;/p-2. The molecular weight excluding hydrogens is 175 g/mol. The summed E-state index contributed by atoms with van der Waals surface area (Å²) in [5.74, 6) is 0. The van der Waals surface area contributed by atoms with Crippen molar-refractivity contribution in [1.82, 2.24) is 0 Å². The fourth-order valence-corrected chi connectivity index (χ4v) is 0. The summed E-state index contributed by atoms with van der Waals surface area (Å²) >= 11 is -0.931. The number of rotatable bonds is 0. The van der Waals surface area contributed by atoms with Crippen molar-refractivity contribution < 1.29 is 15.1 Å². The van der Waals surface area contributed by atoms with Gasteiger partial charge in [0.15, 0.2) is 0 Å². The van der Waals surface area contributed by atoms with Crippen LogP contribution in [0.4, 0.5) is 0 Å². The third-order valence-electron chi connectivity index (χ3n) is 0. The van der Waals surface area contributed by atoms with E-state index in [1.54, 1.807) is 0 Å². The second kappa shape index (κ2) is 9.28. The fraction of sp³-hybridized carbons (Fsp3) is 0. The van der Waals surface area contributed by atoms with Gasteiger partial charge in [-0.15, -0.1) is 0 Å². The van der Waals surface area contributed by atoms with Gasteiger partial charge in [-0.3, -0.25) is 0 Å². The Labute approximate surface area is 83.7 Å². The average molecular weight is 176 g/mol. The monoisotopic (exact) mass is 174 g/mol. The second-order valence-corrected chi connectivity index (χ2v) is 4.72. The van der Waals surface area contributed by atoms with Crippen LogP contribution in [0, 0.1) is 0 Å². The molecule has 0 amide bonds. The molecule has 0 atom stereocenters. The van der Waals surface area contributed by atoms with Gasteiger partial charge in [0.2, 0.25) is 0 Å². The Balaban J connectivity index is 0. The Hall–Kier alpha value is 2.84. The van der Waals surface area contributed by atoms with Gasteiger partial charge in [0.1, 0.15) is 0 Å². The van der Waals surface area contributed by atoms with Crippen molar-refractivity contribution in [2.75, 3.05) is 0 Å². The first-order chi connectivity index (χ1) is 1.41. The Morgan fingerprint density at radius 2 is 1.25 bits per heavy atom. The van der Waals surface area contributed by atoms with Gasteiger partial charge < -0.3 is 0 Å². The first kappa shape index (κ1) is 9.96. The van der Waals surface area contributed by atoms with Gasteiger partial charge in [-0.25, -0.2) is 0 Å². The second-order valence-electron chi connectivity index (χ2n) is 0.101. The quantitative estimate of drug-likeness (QED) is 0.477. The molecule has 0 saturated heterocycles. The summed E-state index contributed by atoms with van der Waals surface area (Å²) in [6.07, 6.45) is 0. The molecule has 0 rings (SSSR count). The van der Waals surface area contributed by atoms with Crippen molar-refractivity contribution in [3.05, 3.63) is 0 Å². The predicted octanol–water partition coefficient (Wildman–Crippen LogP) is 0.728. The number of hydrogen-bond donors (Lipinski definition) is 0. The molecule has 0 nitrogen and oxygen atoms in total. The van der Waals surface area contributed by atoms with Gasteiger partial charge in [-0.05, 0) is 0 Å². The SMILES string of the molecule is [Cl][Zn][Cl].[KH]. The van der Waals surface area contributed by atoms with Crippen LogP contribution in [0.25, 0.3) is 0 Å². The minimum absolute atomic E-state index is 0. The van der Waals surface area contributed by atoms with E-state index in [0.717, 1.165) is 0 Å². The minimum atomic E-state index is -0.931. The van der Waals surface area contributed by atoms with Crippen LogP contribution >= 0.6 is 19.4 Å². The summed E-state index contributed by atoms with van der Waals surface area (Å²) in [5, 5.41) is 0. The molecule has 0 aliphatic rings. The van der Waals surface area contributed by atoms with Crippen molar-refractivity contribution in [3.8, 4) is 0 Å². The summed E-state index contributed by atoms with van der Waals surface area (Å²) in [4.78, 5) is 0. The van der Waals surface area contributed by atoms with Crippen LogP contribution in [-0.4, -0.2) is 51.4 Å². The Kier molecular flexibility index (Phi) is 23.1. The zero-order valence-electron chi connectivity index (χ0n) is 1.46. The summed E-state index contributed by atoms with van der Waals surface area (Å²) < 4.78 is 0. The van der Waals surface area contributed by atoms with E-state index in [1.807, 2.05) is 0 Å². The van der Waals surface area contributed by atoms with Gasteiger partial charge in [0, 0.05) is 0 Å². The zero-order valence-corrected chi connectivity index (χ0v) is 5.94. The Morgan fingerprint density at radius 3 is 1.25 bits per heavy atom. The van der Waals surface area contributed by atoms with Gasteiger partial charge >= 0.3 is 85.9 Å². The summed E-state index contributed by atoms with van der Waals surface area (Å²) in [5.41, 5.74) is 0. The number of halogens is 2. The summed E-state index contributed by atoms with van der Waals surface area (Å²) in [7, 11) is 9.90. The van der Waals surface area contributed by atoms with Crippen molar-refractivity contribution in [1.29, 1.82) is 0 Å². The van der Waals surface area contributed by atoms with Gasteiger partial charge in [0.25, 0.3) is 0 Å². The molecule has 0 heterocycles. The van der Waals surface area contributed by atoms with Gasteiger partial charge in [0.05, 0.1) is 0 Å². The normalized spacial score (nSPS) is 2.50. The summed E-state index contributed by atoms with van der Waals surface area (Å²) in [6, 6.07) is 0. The molecule has 0 aromatic rings. The van der Waals surface area contributed by atoms with E-state index < -0.39 is 15.1 Å². The van der Waals surface area contributed by atoms with Crippen LogP contribution < -0.4 is 0 Å². The fourth-order valence-electron chi connectivity index (χ4n) is 0. The molecule has 0 unspecified atom stereocenters. The third-order valence-corrected chi connectivity index (χ3v) is 0. The van der Waals surface area contributed by atoms with E-state index in [0.29, 0.717) is 0 Å². The molecule has 0 saturated carbocycles. The summed E-state index contributed by atoms with van der Waals surface area (Å²) in [6.45, 7) is 0. The molecule has 0 aliphatic heterocycles. The van der Waals surface area contributed by atoms with E-state index in [-0.39, 0.29) is 51.4 Å². The number of hydrogen-bond acceptors (Lipinski definition) is 0. The molecule has 18 valence electrons. The van der Waals surface area contributed by atoms with Crippen LogP contribution in [-0.2, 0) is 15.1 Å². The first-order valence-corrected chi connectivity index (χ1v) is 8.33. The molecule has 0 aliphatic carbocycles. The van der Waals surface area contributed by atoms with E-state index in [2.05, 4.69) is 0 Å². The first-order valence-electron chi connectivity index (χ1n) is 0.535. The predicted molar refractivity (Wildman–Crippen MR) is 18.9 cm³/mol. The van der Waals surface area contributed by atoms with Crippen LogP contribution in [0.1, 0.15) is 0 Å². The molecule has 0 radical (unpaired) electrons. The molecule has 0 bridgehead atoms. The van der Waals surface area contributed by atoms with Crippen LogP contribution in [0.5, 0.6) is 0 Å². The molecular formula is HCl2KZn. The van der Waals surface area contributed by atoms with E-state index >= 15 is 0 Å². The molecule has 0 spiro atoms. The Bertz CT molecular complexity index is 6.00. The van der Waals surface area contributed by atoms with Crippen molar-refractivity contribution >= 4 is 70.8 Å². The maximum atomic E-state index is 4.95.